The molecule has 1 heterocycles. The molecule has 0 aromatic heterocycles. The van der Waals surface area contributed by atoms with Crippen LogP contribution in [0.2, 0.25) is 0 Å². The number of hydrogen-bond acceptors (Lipinski definition) is 3. The van der Waals surface area contributed by atoms with E-state index in [1.54, 1.807) is 4.31 Å². The maximum atomic E-state index is 12.1. The van der Waals surface area contributed by atoms with E-state index >= 15 is 0 Å². The first-order valence-corrected chi connectivity index (χ1v) is 7.87. The predicted octanol–water partition coefficient (Wildman–Crippen LogP) is 0.710. The molecule has 108 valence electrons. The highest BCUT2D eigenvalue weighted by Crippen LogP contribution is 2.36. The second kappa shape index (κ2) is 6.05. The summed E-state index contributed by atoms with van der Waals surface area (Å²) >= 11 is 0. The van der Waals surface area contributed by atoms with Gasteiger partial charge in [-0.15, -0.1) is 12.4 Å². The molecule has 18 heavy (non-hydrogen) atoms. The summed E-state index contributed by atoms with van der Waals surface area (Å²) in [5.74, 6) is 0.815. The summed E-state index contributed by atoms with van der Waals surface area (Å²) in [5.41, 5.74) is 6.08. The molecule has 3 unspecified atom stereocenters. The minimum atomic E-state index is -3.31. The molecule has 0 aromatic carbocycles. The largest absolute Gasteiger partial charge is 0.327 e. The lowest BCUT2D eigenvalue weighted by molar-refractivity contribution is 0.260. The Kier molecular flexibility index (Phi) is 5.44. The fraction of sp³-hybridized carbons (Fsp3) is 1.00. The summed E-state index contributed by atoms with van der Waals surface area (Å²) in [4.78, 5) is 0. The maximum absolute atomic E-state index is 12.1. The standard InChI is InChI=1S/C11H23N3O2S.ClH/c1-8(2)13-17(15,16)14-6-9-4-3-5-11(12)10(9)7-14;/h8-11,13H,3-7,12H2,1-2H3;1H. The van der Waals surface area contributed by atoms with Crippen LogP contribution in [0.5, 0.6) is 0 Å². The molecular weight excluding hydrogens is 274 g/mol. The van der Waals surface area contributed by atoms with Crippen LogP contribution >= 0.6 is 12.4 Å². The van der Waals surface area contributed by atoms with Crippen LogP contribution in [-0.4, -0.2) is 37.9 Å². The van der Waals surface area contributed by atoms with Crippen molar-refractivity contribution in [3.63, 3.8) is 0 Å². The van der Waals surface area contributed by atoms with Crippen LogP contribution in [0.3, 0.4) is 0 Å². The molecule has 5 nitrogen and oxygen atoms in total. The van der Waals surface area contributed by atoms with E-state index in [4.69, 9.17) is 5.73 Å². The molecule has 2 rings (SSSR count). The van der Waals surface area contributed by atoms with E-state index in [0.717, 1.165) is 19.3 Å². The Labute approximate surface area is 116 Å². The third-order valence-corrected chi connectivity index (χ3v) is 5.59. The summed E-state index contributed by atoms with van der Waals surface area (Å²) in [5, 5.41) is 0. The first-order chi connectivity index (χ1) is 7.90. The average molecular weight is 298 g/mol. The maximum Gasteiger partial charge on any atom is 0.279 e. The van der Waals surface area contributed by atoms with Crippen molar-refractivity contribution in [3.8, 4) is 0 Å². The Morgan fingerprint density at radius 2 is 1.94 bits per heavy atom. The van der Waals surface area contributed by atoms with Gasteiger partial charge >= 0.3 is 0 Å². The van der Waals surface area contributed by atoms with E-state index < -0.39 is 10.2 Å². The molecule has 2 fully saturated rings. The monoisotopic (exact) mass is 297 g/mol. The van der Waals surface area contributed by atoms with Crippen molar-refractivity contribution >= 4 is 22.6 Å². The van der Waals surface area contributed by atoms with Gasteiger partial charge in [0.2, 0.25) is 0 Å². The number of halogens is 1. The van der Waals surface area contributed by atoms with Crippen molar-refractivity contribution in [2.75, 3.05) is 13.1 Å². The molecule has 1 saturated heterocycles. The van der Waals surface area contributed by atoms with Crippen molar-refractivity contribution in [2.24, 2.45) is 17.6 Å². The van der Waals surface area contributed by atoms with Gasteiger partial charge in [-0.25, -0.2) is 0 Å². The summed E-state index contributed by atoms with van der Waals surface area (Å²) < 4.78 is 28.4. The predicted molar refractivity (Wildman–Crippen MR) is 74.8 cm³/mol. The second-order valence-corrected chi connectivity index (χ2v) is 7.32. The molecule has 1 aliphatic heterocycles. The zero-order chi connectivity index (χ0) is 12.6. The van der Waals surface area contributed by atoms with Crippen molar-refractivity contribution in [2.45, 2.75) is 45.2 Å². The fourth-order valence-corrected chi connectivity index (χ4v) is 4.55. The van der Waals surface area contributed by atoms with Crippen molar-refractivity contribution < 1.29 is 8.42 Å². The minimum absolute atomic E-state index is 0. The Morgan fingerprint density at radius 3 is 2.50 bits per heavy atom. The lowest BCUT2D eigenvalue weighted by atomic mass is 9.78. The molecule has 3 atom stereocenters. The molecule has 0 spiro atoms. The summed E-state index contributed by atoms with van der Waals surface area (Å²) in [7, 11) is -3.31. The smallest absolute Gasteiger partial charge is 0.279 e. The van der Waals surface area contributed by atoms with Gasteiger partial charge in [-0.05, 0) is 38.5 Å². The van der Waals surface area contributed by atoms with Crippen molar-refractivity contribution in [1.29, 1.82) is 0 Å². The molecule has 3 N–H and O–H groups in total. The SMILES string of the molecule is CC(C)NS(=O)(=O)N1CC2CCCC(N)C2C1.Cl. The van der Waals surface area contributed by atoms with Crippen LogP contribution < -0.4 is 10.5 Å². The molecule has 1 saturated carbocycles. The molecule has 0 bridgehead atoms. The lowest BCUT2D eigenvalue weighted by Gasteiger charge is -2.29. The highest BCUT2D eigenvalue weighted by molar-refractivity contribution is 7.87. The van der Waals surface area contributed by atoms with Gasteiger partial charge in [0.05, 0.1) is 0 Å². The van der Waals surface area contributed by atoms with E-state index in [2.05, 4.69) is 4.72 Å². The normalized spacial score (nSPS) is 33.2. The molecular formula is C11H24ClN3O2S. The first kappa shape index (κ1) is 16.2. The number of nitrogens with zero attached hydrogens (tertiary/aromatic N) is 1. The number of nitrogens with two attached hydrogens (primary N) is 1. The second-order valence-electron chi connectivity index (χ2n) is 5.61. The minimum Gasteiger partial charge on any atom is -0.327 e. The van der Waals surface area contributed by atoms with E-state index in [1.165, 1.54) is 0 Å². The molecule has 0 aromatic rings. The topological polar surface area (TPSA) is 75.4 Å². The zero-order valence-corrected chi connectivity index (χ0v) is 12.6. The molecule has 7 heteroatoms. The van der Waals surface area contributed by atoms with E-state index in [1.807, 2.05) is 13.8 Å². The number of nitrogens with one attached hydrogen (secondary N) is 1. The van der Waals surface area contributed by atoms with Gasteiger partial charge < -0.3 is 5.73 Å². The van der Waals surface area contributed by atoms with E-state index in [0.29, 0.717) is 24.9 Å². The average Bonchev–Trinajstić information content (AvgIpc) is 2.61. The number of hydrogen-bond donors (Lipinski definition) is 2. The van der Waals surface area contributed by atoms with Gasteiger partial charge in [-0.2, -0.15) is 17.4 Å². The van der Waals surface area contributed by atoms with Gasteiger partial charge in [-0.1, -0.05) is 6.42 Å². The summed E-state index contributed by atoms with van der Waals surface area (Å²) in [6, 6.07) is 0.115. The van der Waals surface area contributed by atoms with Gasteiger partial charge in [0, 0.05) is 25.2 Å². The first-order valence-electron chi connectivity index (χ1n) is 6.43. The fourth-order valence-electron chi connectivity index (χ4n) is 3.04. The number of fused-ring (bicyclic) bond motifs is 1. The Hall–Kier alpha value is 0.120. The number of rotatable bonds is 3. The van der Waals surface area contributed by atoms with Crippen molar-refractivity contribution in [1.82, 2.24) is 9.03 Å². The van der Waals surface area contributed by atoms with E-state index in [-0.39, 0.29) is 24.5 Å². The van der Waals surface area contributed by atoms with Crippen LogP contribution in [0.25, 0.3) is 0 Å². The lowest BCUT2D eigenvalue weighted by Crippen LogP contribution is -2.43. The van der Waals surface area contributed by atoms with Gasteiger partial charge in [0.15, 0.2) is 0 Å². The molecule has 0 amide bonds. The quantitative estimate of drug-likeness (QED) is 0.805. The molecule has 0 radical (unpaired) electrons. The Bertz CT molecular complexity index is 374. The van der Waals surface area contributed by atoms with Crippen LogP contribution in [0.4, 0.5) is 0 Å². The van der Waals surface area contributed by atoms with Crippen LogP contribution in [0, 0.1) is 11.8 Å². The summed E-state index contributed by atoms with van der Waals surface area (Å²) in [6.45, 7) is 4.91. The zero-order valence-electron chi connectivity index (χ0n) is 11.0. The Morgan fingerprint density at radius 1 is 1.28 bits per heavy atom. The van der Waals surface area contributed by atoms with Crippen LogP contribution in [0.1, 0.15) is 33.1 Å². The van der Waals surface area contributed by atoms with Crippen molar-refractivity contribution in [3.05, 3.63) is 0 Å². The van der Waals surface area contributed by atoms with Gasteiger partial charge in [-0.3, -0.25) is 0 Å². The van der Waals surface area contributed by atoms with Gasteiger partial charge in [0.1, 0.15) is 0 Å². The summed E-state index contributed by atoms with van der Waals surface area (Å²) in [6.07, 6.45) is 3.28. The third kappa shape index (κ3) is 3.36. The molecule has 1 aliphatic carbocycles. The highest BCUT2D eigenvalue weighted by atomic mass is 35.5. The third-order valence-electron chi connectivity index (χ3n) is 3.84. The Balaban J connectivity index is 0.00000162. The highest BCUT2D eigenvalue weighted by Gasteiger charge is 2.42. The van der Waals surface area contributed by atoms with E-state index in [9.17, 15) is 8.42 Å². The van der Waals surface area contributed by atoms with Gasteiger partial charge in [0.25, 0.3) is 10.2 Å². The van der Waals surface area contributed by atoms with Crippen LogP contribution in [-0.2, 0) is 10.2 Å². The molecule has 2 aliphatic rings. The van der Waals surface area contributed by atoms with Crippen LogP contribution in [0.15, 0.2) is 0 Å².